The number of esters is 1. The summed E-state index contributed by atoms with van der Waals surface area (Å²) in [5, 5.41) is 8.65. The van der Waals surface area contributed by atoms with Gasteiger partial charge in [-0.05, 0) is 24.3 Å². The van der Waals surface area contributed by atoms with Gasteiger partial charge in [-0.25, -0.2) is 4.98 Å². The molecule has 0 aromatic carbocycles. The third-order valence-corrected chi connectivity index (χ3v) is 2.97. The number of rotatable bonds is 7. The normalized spacial score (nSPS) is 12.0. The molecule has 118 valence electrons. The summed E-state index contributed by atoms with van der Waals surface area (Å²) < 4.78 is 4.80. The first-order valence-corrected chi connectivity index (χ1v) is 7.09. The highest BCUT2D eigenvalue weighted by Crippen LogP contribution is 2.15. The molecule has 23 heavy (non-hydrogen) atoms. The number of hydrogen-bond donors (Lipinski definition) is 1. The molecular formula is C17H16N2O4. The fourth-order valence-electron chi connectivity index (χ4n) is 1.90. The van der Waals surface area contributed by atoms with Crippen LogP contribution in [0.3, 0.4) is 0 Å². The average Bonchev–Trinajstić information content (AvgIpc) is 2.61. The topological polar surface area (TPSA) is 79.7 Å². The number of aromatic nitrogens is 1. The molecule has 0 bridgehead atoms. The summed E-state index contributed by atoms with van der Waals surface area (Å²) in [5.41, 5.74) is 5.89. The standard InChI is InChI=1S/C17H16N2O4/c20-12-13-23-16(21)9-11-19(15-8-4-5-10-18-15)17(22)14-6-2-1-3-7-14/h2,4-8,10,20H,9,11-13H2. The number of aliphatic hydroxyl groups is 1. The number of carbonyl (C=O) groups excluding carboxylic acids is 2. The van der Waals surface area contributed by atoms with Crippen LogP contribution in [-0.4, -0.2) is 41.7 Å². The van der Waals surface area contributed by atoms with E-state index in [-0.39, 0.29) is 32.1 Å². The van der Waals surface area contributed by atoms with Gasteiger partial charge in [-0.1, -0.05) is 17.5 Å². The Bertz CT molecular complexity index is 697. The van der Waals surface area contributed by atoms with E-state index in [2.05, 4.69) is 16.4 Å². The van der Waals surface area contributed by atoms with Crippen LogP contribution in [0, 0.1) is 0 Å². The minimum Gasteiger partial charge on any atom is -0.463 e. The lowest BCUT2D eigenvalue weighted by Crippen LogP contribution is -2.34. The summed E-state index contributed by atoms with van der Waals surface area (Å²) in [7, 11) is 0. The van der Waals surface area contributed by atoms with Crippen molar-refractivity contribution < 1.29 is 19.4 Å². The van der Waals surface area contributed by atoms with E-state index in [0.29, 0.717) is 11.4 Å². The largest absolute Gasteiger partial charge is 0.463 e. The van der Waals surface area contributed by atoms with E-state index in [1.807, 2.05) is 0 Å². The Balaban J connectivity index is 2.11. The van der Waals surface area contributed by atoms with Gasteiger partial charge in [-0.3, -0.25) is 14.5 Å². The second-order valence-corrected chi connectivity index (χ2v) is 4.56. The Morgan fingerprint density at radius 1 is 1.30 bits per heavy atom. The summed E-state index contributed by atoms with van der Waals surface area (Å²) in [4.78, 5) is 29.8. The van der Waals surface area contributed by atoms with Crippen LogP contribution in [0.5, 0.6) is 0 Å². The number of aliphatic hydroxyl groups excluding tert-OH is 1. The van der Waals surface area contributed by atoms with E-state index < -0.39 is 5.97 Å². The highest BCUT2D eigenvalue weighted by Gasteiger charge is 2.21. The van der Waals surface area contributed by atoms with Crippen molar-refractivity contribution in [3.05, 3.63) is 59.7 Å². The molecule has 0 saturated carbocycles. The van der Waals surface area contributed by atoms with Crippen molar-refractivity contribution >= 4 is 17.7 Å². The number of allylic oxidation sites excluding steroid dienone is 2. The number of hydrogen-bond acceptors (Lipinski definition) is 5. The van der Waals surface area contributed by atoms with Crippen LogP contribution in [0.1, 0.15) is 6.42 Å². The summed E-state index contributed by atoms with van der Waals surface area (Å²) in [6, 6.07) is 5.19. The lowest BCUT2D eigenvalue weighted by Gasteiger charge is -2.21. The highest BCUT2D eigenvalue weighted by atomic mass is 16.5. The van der Waals surface area contributed by atoms with Gasteiger partial charge in [0.1, 0.15) is 12.4 Å². The zero-order chi connectivity index (χ0) is 16.5. The predicted molar refractivity (Wildman–Crippen MR) is 83.5 cm³/mol. The van der Waals surface area contributed by atoms with Crippen LogP contribution in [0.4, 0.5) is 5.82 Å². The van der Waals surface area contributed by atoms with E-state index in [9.17, 15) is 9.59 Å². The molecule has 6 heteroatoms. The van der Waals surface area contributed by atoms with Gasteiger partial charge in [0.2, 0.25) is 0 Å². The number of pyridine rings is 1. The quantitative estimate of drug-likeness (QED) is 0.603. The zero-order valence-corrected chi connectivity index (χ0v) is 12.4. The number of anilines is 1. The van der Waals surface area contributed by atoms with Crippen LogP contribution in [-0.2, 0) is 14.3 Å². The third kappa shape index (κ3) is 4.80. The molecule has 1 amide bonds. The molecule has 0 radical (unpaired) electrons. The minimum atomic E-state index is -0.485. The SMILES string of the molecule is O=C(CCN(C(=O)C1=CC=C=C=C1)c1ccccn1)OCCO. The number of carbonyl (C=O) groups is 2. The number of ether oxygens (including phenoxy) is 1. The van der Waals surface area contributed by atoms with Crippen molar-refractivity contribution in [3.63, 3.8) is 0 Å². The third-order valence-electron chi connectivity index (χ3n) is 2.97. The van der Waals surface area contributed by atoms with Gasteiger partial charge in [0.05, 0.1) is 13.0 Å². The van der Waals surface area contributed by atoms with Crippen LogP contribution in [0.2, 0.25) is 0 Å². The van der Waals surface area contributed by atoms with Crippen molar-refractivity contribution in [2.75, 3.05) is 24.7 Å². The van der Waals surface area contributed by atoms with Crippen molar-refractivity contribution in [3.8, 4) is 0 Å². The average molecular weight is 312 g/mol. The molecule has 2 rings (SSSR count). The Hall–Kier alpha value is -2.91. The smallest absolute Gasteiger partial charge is 0.307 e. The van der Waals surface area contributed by atoms with Crippen LogP contribution >= 0.6 is 0 Å². The Morgan fingerprint density at radius 3 is 2.83 bits per heavy atom. The molecule has 0 fully saturated rings. The Morgan fingerprint density at radius 2 is 2.17 bits per heavy atom. The minimum absolute atomic E-state index is 0.00495. The highest BCUT2D eigenvalue weighted by molar-refractivity contribution is 6.07. The van der Waals surface area contributed by atoms with Crippen LogP contribution < -0.4 is 4.90 Å². The first-order chi connectivity index (χ1) is 11.2. The lowest BCUT2D eigenvalue weighted by molar-refractivity contribution is -0.144. The second-order valence-electron chi connectivity index (χ2n) is 4.56. The van der Waals surface area contributed by atoms with Gasteiger partial charge in [0, 0.05) is 24.4 Å². The van der Waals surface area contributed by atoms with Gasteiger partial charge in [-0.2, -0.15) is 0 Å². The molecule has 1 aliphatic rings. The van der Waals surface area contributed by atoms with Gasteiger partial charge >= 0.3 is 5.97 Å². The molecule has 0 unspecified atom stereocenters. The summed E-state index contributed by atoms with van der Waals surface area (Å²) in [5.74, 6) is -0.329. The summed E-state index contributed by atoms with van der Waals surface area (Å²) >= 11 is 0. The molecule has 0 saturated heterocycles. The van der Waals surface area contributed by atoms with E-state index >= 15 is 0 Å². The summed E-state index contributed by atoms with van der Waals surface area (Å²) in [6.07, 6.45) is 6.33. The van der Waals surface area contributed by atoms with E-state index in [1.54, 1.807) is 36.5 Å². The molecule has 1 heterocycles. The zero-order valence-electron chi connectivity index (χ0n) is 12.4. The molecule has 0 atom stereocenters. The monoisotopic (exact) mass is 312 g/mol. The maximum absolute atomic E-state index is 12.6. The molecule has 1 aliphatic carbocycles. The predicted octanol–water partition coefficient (Wildman–Crippen LogP) is 1.15. The molecule has 6 nitrogen and oxygen atoms in total. The van der Waals surface area contributed by atoms with Gasteiger partial charge in [0.15, 0.2) is 0 Å². The Labute approximate surface area is 133 Å². The van der Waals surface area contributed by atoms with Crippen LogP contribution in [0.25, 0.3) is 0 Å². The molecule has 0 aliphatic heterocycles. The van der Waals surface area contributed by atoms with E-state index in [4.69, 9.17) is 9.84 Å². The van der Waals surface area contributed by atoms with Gasteiger partial charge in [-0.15, -0.1) is 0 Å². The van der Waals surface area contributed by atoms with Crippen molar-refractivity contribution in [1.82, 2.24) is 4.98 Å². The molecule has 1 aromatic rings. The van der Waals surface area contributed by atoms with Crippen molar-refractivity contribution in [1.29, 1.82) is 0 Å². The summed E-state index contributed by atoms with van der Waals surface area (Å²) in [6.45, 7) is -0.163. The lowest BCUT2D eigenvalue weighted by atomic mass is 10.1. The maximum atomic E-state index is 12.6. The van der Waals surface area contributed by atoms with Crippen LogP contribution in [0.15, 0.2) is 59.7 Å². The fraction of sp³-hybridized carbons (Fsp3) is 0.235. The maximum Gasteiger partial charge on any atom is 0.307 e. The first-order valence-electron chi connectivity index (χ1n) is 7.09. The fourth-order valence-corrected chi connectivity index (χ4v) is 1.90. The molecule has 1 N–H and O–H groups in total. The van der Waals surface area contributed by atoms with Crippen molar-refractivity contribution in [2.24, 2.45) is 0 Å². The number of nitrogens with zero attached hydrogens (tertiary/aromatic N) is 2. The number of amides is 1. The Kier molecular flexibility index (Phi) is 6.09. The van der Waals surface area contributed by atoms with Gasteiger partial charge < -0.3 is 9.84 Å². The molecular weight excluding hydrogens is 296 g/mol. The van der Waals surface area contributed by atoms with Crippen molar-refractivity contribution in [2.45, 2.75) is 6.42 Å². The van der Waals surface area contributed by atoms with Gasteiger partial charge in [0.25, 0.3) is 5.91 Å². The molecule has 1 aromatic heterocycles. The van der Waals surface area contributed by atoms with E-state index in [0.717, 1.165) is 0 Å². The first kappa shape index (κ1) is 16.5. The second kappa shape index (κ2) is 8.51. The molecule has 0 spiro atoms. The van der Waals surface area contributed by atoms with E-state index in [1.165, 1.54) is 11.0 Å².